The van der Waals surface area contributed by atoms with Gasteiger partial charge in [-0.3, -0.25) is 0 Å². The van der Waals surface area contributed by atoms with Gasteiger partial charge in [0.15, 0.2) is 0 Å². The summed E-state index contributed by atoms with van der Waals surface area (Å²) in [5.41, 5.74) is 2.63. The second-order valence-corrected chi connectivity index (χ2v) is 5.53. The molecule has 25 heavy (non-hydrogen) atoms. The van der Waals surface area contributed by atoms with Crippen LogP contribution in [0.3, 0.4) is 0 Å². The summed E-state index contributed by atoms with van der Waals surface area (Å²) in [6.45, 7) is 0. The first-order valence-electron chi connectivity index (χ1n) is 7.54. The first kappa shape index (κ1) is 21.7. The molecular formula is C21H17Cl2NZr. The fourth-order valence-corrected chi connectivity index (χ4v) is 3.18. The molecule has 5 rings (SSSR count). The number of aryl methyl sites for hydroxylation is 1. The molecular weight excluding hydrogens is 428 g/mol. The first-order valence-corrected chi connectivity index (χ1v) is 7.54. The van der Waals surface area contributed by atoms with Gasteiger partial charge in [0.05, 0.1) is 0 Å². The maximum atomic E-state index is 2.28. The van der Waals surface area contributed by atoms with E-state index in [4.69, 9.17) is 0 Å². The molecule has 0 N–H and O–H groups in total. The topological polar surface area (TPSA) is 4.93 Å². The molecule has 0 amide bonds. The van der Waals surface area contributed by atoms with Crippen LogP contribution in [0.25, 0.3) is 32.6 Å². The minimum absolute atomic E-state index is 0. The van der Waals surface area contributed by atoms with Gasteiger partial charge in [0.25, 0.3) is 0 Å². The zero-order valence-electron chi connectivity index (χ0n) is 13.8. The van der Waals surface area contributed by atoms with Crippen LogP contribution in [0.1, 0.15) is 0 Å². The van der Waals surface area contributed by atoms with Crippen LogP contribution in [0.5, 0.6) is 0 Å². The summed E-state index contributed by atoms with van der Waals surface area (Å²) in [5, 5.41) is 5.43. The molecule has 1 heterocycles. The molecule has 5 aromatic rings. The number of halogens is 2. The van der Waals surface area contributed by atoms with Gasteiger partial charge in [-0.2, -0.15) is 18.2 Å². The third kappa shape index (κ3) is 3.92. The fraction of sp³-hybridized carbons (Fsp3) is 0.0476. The van der Waals surface area contributed by atoms with Crippen LogP contribution < -0.4 is 24.8 Å². The van der Waals surface area contributed by atoms with E-state index in [9.17, 15) is 0 Å². The Labute approximate surface area is 179 Å². The van der Waals surface area contributed by atoms with Crippen molar-refractivity contribution in [3.8, 4) is 0 Å². The van der Waals surface area contributed by atoms with Crippen molar-refractivity contribution in [2.45, 2.75) is 0 Å². The number of fused-ring (bicyclic) bond motifs is 5. The Morgan fingerprint density at radius 1 is 0.760 bits per heavy atom. The van der Waals surface area contributed by atoms with Gasteiger partial charge in [-0.15, -0.1) is 35.0 Å². The van der Waals surface area contributed by atoms with Gasteiger partial charge in [-0.25, -0.2) is 12.1 Å². The summed E-state index contributed by atoms with van der Waals surface area (Å²) < 4.78 is 2.28. The maximum absolute atomic E-state index is 2.28. The van der Waals surface area contributed by atoms with Gasteiger partial charge in [0, 0.05) is 12.6 Å². The molecule has 0 atom stereocenters. The fourth-order valence-electron chi connectivity index (χ4n) is 3.18. The van der Waals surface area contributed by atoms with E-state index in [1.54, 1.807) is 0 Å². The van der Waals surface area contributed by atoms with Crippen molar-refractivity contribution < 1.29 is 51.0 Å². The molecule has 0 saturated heterocycles. The van der Waals surface area contributed by atoms with Crippen molar-refractivity contribution >= 4 is 32.6 Å². The SMILES string of the molecule is Cn1c2ccccc2c2c3ccccc3[cH-]c21.[Cl-].[Cl-].[Zr+4].c1cc[cH-]c1. The maximum Gasteiger partial charge on any atom is 4.00 e. The van der Waals surface area contributed by atoms with Crippen molar-refractivity contribution in [1.29, 1.82) is 0 Å². The zero-order valence-corrected chi connectivity index (χ0v) is 17.8. The molecule has 0 saturated carbocycles. The monoisotopic (exact) mass is 443 g/mol. The molecule has 0 aliphatic heterocycles. The van der Waals surface area contributed by atoms with Gasteiger partial charge in [-0.1, -0.05) is 29.7 Å². The number of rotatable bonds is 0. The normalized spacial score (nSPS) is 9.64. The number of benzene rings is 2. The first-order chi connectivity index (χ1) is 10.9. The van der Waals surface area contributed by atoms with Crippen LogP contribution in [0.15, 0.2) is 84.9 Å². The van der Waals surface area contributed by atoms with E-state index in [1.807, 2.05) is 30.3 Å². The Morgan fingerprint density at radius 3 is 2.00 bits per heavy atom. The molecule has 0 spiro atoms. The van der Waals surface area contributed by atoms with Crippen molar-refractivity contribution in [2.75, 3.05) is 0 Å². The Balaban J connectivity index is 0.000000344. The Bertz CT molecular complexity index is 1020. The summed E-state index contributed by atoms with van der Waals surface area (Å²) in [4.78, 5) is 0. The Morgan fingerprint density at radius 2 is 1.36 bits per heavy atom. The average molecular weight is 446 g/mol. The molecule has 124 valence electrons. The van der Waals surface area contributed by atoms with Gasteiger partial charge in [-0.05, 0) is 17.0 Å². The molecule has 0 aliphatic rings. The smallest absolute Gasteiger partial charge is 1.00 e. The molecule has 0 unspecified atom stereocenters. The molecule has 1 aromatic heterocycles. The standard InChI is InChI=1S/C16H12N.C5H5.2ClH.Zr/c1-17-14-9-5-4-8-13(14)16-12-7-3-2-6-11(12)10-15(16)17;1-2-4-5-3-1;;;/h2-10H,1H3;1-5H;2*1H;/q2*-1;;;+4/p-2. The molecule has 0 radical (unpaired) electrons. The second kappa shape index (κ2) is 9.39. The van der Waals surface area contributed by atoms with E-state index in [-0.39, 0.29) is 51.0 Å². The minimum Gasteiger partial charge on any atom is -1.00 e. The second-order valence-electron chi connectivity index (χ2n) is 5.53. The third-order valence-corrected chi connectivity index (χ3v) is 4.23. The van der Waals surface area contributed by atoms with Crippen molar-refractivity contribution in [3.05, 3.63) is 84.9 Å². The number of hydrogen-bond donors (Lipinski definition) is 0. The molecule has 4 aromatic carbocycles. The molecule has 0 bridgehead atoms. The summed E-state index contributed by atoms with van der Waals surface area (Å²) in [6.07, 6.45) is 0. The van der Waals surface area contributed by atoms with E-state index >= 15 is 0 Å². The van der Waals surface area contributed by atoms with Gasteiger partial charge < -0.3 is 29.4 Å². The quantitative estimate of drug-likeness (QED) is 0.287. The average Bonchev–Trinajstić information content (AvgIpc) is 3.28. The van der Waals surface area contributed by atoms with E-state index in [1.165, 1.54) is 32.6 Å². The van der Waals surface area contributed by atoms with Crippen LogP contribution in [0, 0.1) is 0 Å². The molecule has 1 nitrogen and oxygen atoms in total. The van der Waals surface area contributed by atoms with Crippen molar-refractivity contribution in [2.24, 2.45) is 7.05 Å². The van der Waals surface area contributed by atoms with Gasteiger partial charge in [0.2, 0.25) is 0 Å². The van der Waals surface area contributed by atoms with Crippen LogP contribution in [-0.4, -0.2) is 4.57 Å². The van der Waals surface area contributed by atoms with E-state index in [0.717, 1.165) is 0 Å². The van der Waals surface area contributed by atoms with Crippen LogP contribution in [0.2, 0.25) is 0 Å². The predicted octanol–water partition coefficient (Wildman–Crippen LogP) is -0.385. The summed E-state index contributed by atoms with van der Waals surface area (Å²) in [6, 6.07) is 29.5. The number of aromatic nitrogens is 1. The summed E-state index contributed by atoms with van der Waals surface area (Å²) in [7, 11) is 2.14. The van der Waals surface area contributed by atoms with Crippen LogP contribution in [-0.2, 0) is 33.3 Å². The summed E-state index contributed by atoms with van der Waals surface area (Å²) >= 11 is 0. The number of nitrogens with zero attached hydrogens (tertiary/aromatic N) is 1. The van der Waals surface area contributed by atoms with Crippen molar-refractivity contribution in [1.82, 2.24) is 4.57 Å². The van der Waals surface area contributed by atoms with E-state index in [2.05, 4.69) is 66.2 Å². The largest absolute Gasteiger partial charge is 4.00 e. The number of para-hydroxylation sites is 1. The van der Waals surface area contributed by atoms with E-state index < -0.39 is 0 Å². The molecule has 4 heteroatoms. The van der Waals surface area contributed by atoms with E-state index in [0.29, 0.717) is 0 Å². The molecule has 0 aliphatic carbocycles. The Kier molecular flexibility index (Phi) is 8.15. The van der Waals surface area contributed by atoms with Gasteiger partial charge in [0.1, 0.15) is 0 Å². The third-order valence-electron chi connectivity index (χ3n) is 4.23. The van der Waals surface area contributed by atoms with Crippen LogP contribution >= 0.6 is 0 Å². The summed E-state index contributed by atoms with van der Waals surface area (Å²) in [5.74, 6) is 0. The van der Waals surface area contributed by atoms with Crippen molar-refractivity contribution in [3.63, 3.8) is 0 Å². The Hall–Kier alpha value is -1.34. The number of hydrogen-bond acceptors (Lipinski definition) is 0. The minimum atomic E-state index is 0. The van der Waals surface area contributed by atoms with Crippen LogP contribution in [0.4, 0.5) is 0 Å². The zero-order chi connectivity index (χ0) is 14.9. The predicted molar refractivity (Wildman–Crippen MR) is 95.6 cm³/mol. The van der Waals surface area contributed by atoms with Gasteiger partial charge >= 0.3 is 26.2 Å². The molecule has 0 fully saturated rings.